The number of nitrogens with zero attached hydrogens (tertiary/aromatic N) is 1. The van der Waals surface area contributed by atoms with Gasteiger partial charge < -0.3 is 10.2 Å². The lowest BCUT2D eigenvalue weighted by Crippen LogP contribution is -2.47. The minimum Gasteiger partial charge on any atom is -0.336 e. The monoisotopic (exact) mass is 226 g/mol. The first-order chi connectivity index (χ1) is 7.66. The van der Waals surface area contributed by atoms with Crippen molar-refractivity contribution < 1.29 is 13.6 Å². The van der Waals surface area contributed by atoms with Crippen molar-refractivity contribution in [3.05, 3.63) is 35.4 Å². The third-order valence-corrected chi connectivity index (χ3v) is 2.56. The highest BCUT2D eigenvalue weighted by Gasteiger charge is 2.19. The van der Waals surface area contributed by atoms with E-state index in [9.17, 15) is 13.6 Å². The summed E-state index contributed by atoms with van der Waals surface area (Å²) in [5.41, 5.74) is 0.218. The average Bonchev–Trinajstić information content (AvgIpc) is 2.27. The molecule has 3 nitrogen and oxygen atoms in total. The number of amides is 1. The predicted molar refractivity (Wildman–Crippen MR) is 54.6 cm³/mol. The van der Waals surface area contributed by atoms with Gasteiger partial charge >= 0.3 is 0 Å². The van der Waals surface area contributed by atoms with Crippen LogP contribution >= 0.6 is 0 Å². The van der Waals surface area contributed by atoms with Gasteiger partial charge in [-0.25, -0.2) is 8.78 Å². The summed E-state index contributed by atoms with van der Waals surface area (Å²) in [5.74, 6) is -1.05. The highest BCUT2D eigenvalue weighted by molar-refractivity contribution is 5.78. The van der Waals surface area contributed by atoms with Crippen LogP contribution in [-0.2, 0) is 11.3 Å². The summed E-state index contributed by atoms with van der Waals surface area (Å²) in [6.07, 6.45) is 0. The molecule has 0 bridgehead atoms. The van der Waals surface area contributed by atoms with E-state index in [-0.39, 0.29) is 24.6 Å². The van der Waals surface area contributed by atoms with E-state index in [1.165, 1.54) is 4.90 Å². The highest BCUT2D eigenvalue weighted by Crippen LogP contribution is 2.13. The molecule has 1 saturated heterocycles. The summed E-state index contributed by atoms with van der Waals surface area (Å²) in [6.45, 7) is 1.60. The number of nitrogens with one attached hydrogen (secondary N) is 1. The van der Waals surface area contributed by atoms with Crippen molar-refractivity contribution in [2.75, 3.05) is 19.6 Å². The Morgan fingerprint density at radius 1 is 1.38 bits per heavy atom. The summed E-state index contributed by atoms with van der Waals surface area (Å²) in [6, 6.07) is 3.28. The Morgan fingerprint density at radius 3 is 2.94 bits per heavy atom. The largest absolute Gasteiger partial charge is 0.336 e. The maximum Gasteiger partial charge on any atom is 0.236 e. The van der Waals surface area contributed by atoms with E-state index in [1.54, 1.807) is 0 Å². The van der Waals surface area contributed by atoms with Crippen molar-refractivity contribution in [3.8, 4) is 0 Å². The van der Waals surface area contributed by atoms with Gasteiger partial charge in [-0.3, -0.25) is 4.79 Å². The van der Waals surface area contributed by atoms with Crippen LogP contribution in [-0.4, -0.2) is 30.4 Å². The third kappa shape index (κ3) is 2.36. The van der Waals surface area contributed by atoms with Crippen molar-refractivity contribution in [1.82, 2.24) is 10.2 Å². The molecule has 1 aliphatic rings. The molecule has 0 atom stereocenters. The van der Waals surface area contributed by atoms with Crippen LogP contribution in [0.15, 0.2) is 18.2 Å². The van der Waals surface area contributed by atoms with E-state index in [0.717, 1.165) is 18.2 Å². The van der Waals surface area contributed by atoms with Crippen molar-refractivity contribution in [2.24, 2.45) is 0 Å². The van der Waals surface area contributed by atoms with Gasteiger partial charge in [0.25, 0.3) is 0 Å². The molecule has 1 aromatic rings. The Balaban J connectivity index is 2.13. The molecule has 5 heteroatoms. The summed E-state index contributed by atoms with van der Waals surface area (Å²) >= 11 is 0. The molecule has 1 N–H and O–H groups in total. The number of hydrogen-bond donors (Lipinski definition) is 1. The number of halogens is 2. The van der Waals surface area contributed by atoms with Crippen LogP contribution in [0.3, 0.4) is 0 Å². The molecule has 0 aliphatic carbocycles. The zero-order valence-corrected chi connectivity index (χ0v) is 8.67. The first-order valence-electron chi connectivity index (χ1n) is 5.09. The Bertz CT molecular complexity index is 409. The van der Waals surface area contributed by atoms with E-state index >= 15 is 0 Å². The van der Waals surface area contributed by atoms with Gasteiger partial charge in [-0.05, 0) is 18.2 Å². The Labute approximate surface area is 92.1 Å². The van der Waals surface area contributed by atoms with E-state index in [0.29, 0.717) is 13.1 Å². The molecule has 16 heavy (non-hydrogen) atoms. The molecule has 1 amide bonds. The lowest BCUT2D eigenvalue weighted by Gasteiger charge is -2.27. The molecular weight excluding hydrogens is 214 g/mol. The number of carbonyl (C=O) groups excluding carboxylic acids is 1. The molecule has 0 unspecified atom stereocenters. The molecule has 0 aromatic heterocycles. The Kier molecular flexibility index (Phi) is 3.14. The second-order valence-corrected chi connectivity index (χ2v) is 3.73. The second-order valence-electron chi connectivity index (χ2n) is 3.73. The fraction of sp³-hybridized carbons (Fsp3) is 0.364. The maximum absolute atomic E-state index is 13.3. The molecule has 0 radical (unpaired) electrons. The zero-order chi connectivity index (χ0) is 11.5. The van der Waals surface area contributed by atoms with Crippen molar-refractivity contribution in [2.45, 2.75) is 6.54 Å². The quantitative estimate of drug-likeness (QED) is 0.812. The standard InChI is InChI=1S/C11H12F2N2O/c12-9-1-2-10(13)8(5-9)7-15-4-3-14-6-11(15)16/h1-2,5,14H,3-4,6-7H2. The van der Waals surface area contributed by atoms with E-state index in [4.69, 9.17) is 0 Å². The topological polar surface area (TPSA) is 32.3 Å². The van der Waals surface area contributed by atoms with Crippen LogP contribution in [0.2, 0.25) is 0 Å². The lowest BCUT2D eigenvalue weighted by molar-refractivity contribution is -0.132. The van der Waals surface area contributed by atoms with Gasteiger partial charge in [0.15, 0.2) is 0 Å². The lowest BCUT2D eigenvalue weighted by atomic mass is 10.2. The van der Waals surface area contributed by atoms with E-state index < -0.39 is 11.6 Å². The third-order valence-electron chi connectivity index (χ3n) is 2.56. The molecule has 0 saturated carbocycles. The van der Waals surface area contributed by atoms with Gasteiger partial charge in [0, 0.05) is 25.2 Å². The zero-order valence-electron chi connectivity index (χ0n) is 8.67. The molecule has 1 fully saturated rings. The molecule has 1 aromatic carbocycles. The van der Waals surface area contributed by atoms with Crippen LogP contribution in [0.4, 0.5) is 8.78 Å². The van der Waals surface area contributed by atoms with Crippen molar-refractivity contribution in [3.63, 3.8) is 0 Å². The summed E-state index contributed by atoms with van der Waals surface area (Å²) < 4.78 is 26.2. The first kappa shape index (κ1) is 11.0. The van der Waals surface area contributed by atoms with Gasteiger partial charge in [0.1, 0.15) is 11.6 Å². The van der Waals surface area contributed by atoms with Crippen LogP contribution < -0.4 is 5.32 Å². The number of rotatable bonds is 2. The summed E-state index contributed by atoms with van der Waals surface area (Å²) in [5, 5.41) is 2.92. The van der Waals surface area contributed by atoms with Crippen LogP contribution in [0.5, 0.6) is 0 Å². The molecule has 86 valence electrons. The van der Waals surface area contributed by atoms with Gasteiger partial charge in [-0.15, -0.1) is 0 Å². The summed E-state index contributed by atoms with van der Waals surface area (Å²) in [4.78, 5) is 13.0. The maximum atomic E-state index is 13.3. The first-order valence-corrected chi connectivity index (χ1v) is 5.09. The van der Waals surface area contributed by atoms with Crippen LogP contribution in [0.1, 0.15) is 5.56 Å². The smallest absolute Gasteiger partial charge is 0.236 e. The highest BCUT2D eigenvalue weighted by atomic mass is 19.1. The molecule has 2 rings (SSSR count). The number of piperazine rings is 1. The minimum absolute atomic E-state index is 0.0880. The Morgan fingerprint density at radius 2 is 2.19 bits per heavy atom. The molecule has 0 spiro atoms. The summed E-state index contributed by atoms with van der Waals surface area (Å²) in [7, 11) is 0. The van der Waals surface area contributed by atoms with Crippen LogP contribution in [0, 0.1) is 11.6 Å². The fourth-order valence-corrected chi connectivity index (χ4v) is 1.68. The Hall–Kier alpha value is -1.49. The van der Waals surface area contributed by atoms with Crippen molar-refractivity contribution >= 4 is 5.91 Å². The number of hydrogen-bond acceptors (Lipinski definition) is 2. The SMILES string of the molecule is O=C1CNCCN1Cc1cc(F)ccc1F. The van der Waals surface area contributed by atoms with E-state index in [2.05, 4.69) is 5.32 Å². The minimum atomic E-state index is -0.487. The molecule has 1 heterocycles. The average molecular weight is 226 g/mol. The second kappa shape index (κ2) is 4.57. The fourth-order valence-electron chi connectivity index (χ4n) is 1.68. The normalized spacial score (nSPS) is 16.6. The molecule has 1 aliphatic heterocycles. The van der Waals surface area contributed by atoms with Gasteiger partial charge in [0.2, 0.25) is 5.91 Å². The van der Waals surface area contributed by atoms with E-state index in [1.807, 2.05) is 0 Å². The predicted octanol–water partition coefficient (Wildman–Crippen LogP) is 0.897. The van der Waals surface area contributed by atoms with Gasteiger partial charge in [-0.1, -0.05) is 0 Å². The number of benzene rings is 1. The van der Waals surface area contributed by atoms with Gasteiger partial charge in [0.05, 0.1) is 6.54 Å². The van der Waals surface area contributed by atoms with Gasteiger partial charge in [-0.2, -0.15) is 0 Å². The van der Waals surface area contributed by atoms with Crippen LogP contribution in [0.25, 0.3) is 0 Å². The molecular formula is C11H12F2N2O. The number of carbonyl (C=O) groups is 1. The van der Waals surface area contributed by atoms with Crippen molar-refractivity contribution in [1.29, 1.82) is 0 Å².